The monoisotopic (exact) mass is 421 g/mol. The standard InChI is InChI=1S/C28H39NO2/c1-28(2,3)25-7-10-26(11-8-25)31-27-9-6-23-18-22(4-5-24(23)19-27)20-29-15-12-21(13-16-29)14-17-30/h4-6,9,17-19,21,25-26H,7-8,10-16,20H2,1-3H3. The molecule has 2 aliphatic rings. The number of carbonyl (C=O) groups is 1. The van der Waals surface area contributed by atoms with Gasteiger partial charge in [0.1, 0.15) is 12.0 Å². The Morgan fingerprint density at radius 1 is 0.935 bits per heavy atom. The van der Waals surface area contributed by atoms with Crippen molar-refractivity contribution in [3.05, 3.63) is 42.0 Å². The third kappa shape index (κ3) is 5.88. The van der Waals surface area contributed by atoms with Crippen molar-refractivity contribution in [2.45, 2.75) is 78.4 Å². The predicted molar refractivity (Wildman–Crippen MR) is 128 cm³/mol. The highest BCUT2D eigenvalue weighted by molar-refractivity contribution is 5.84. The summed E-state index contributed by atoms with van der Waals surface area (Å²) in [7, 11) is 0. The molecule has 4 rings (SSSR count). The van der Waals surface area contributed by atoms with Gasteiger partial charge in [-0.2, -0.15) is 0 Å². The van der Waals surface area contributed by atoms with Gasteiger partial charge in [0.05, 0.1) is 6.10 Å². The van der Waals surface area contributed by atoms with Crippen LogP contribution in [0.15, 0.2) is 36.4 Å². The van der Waals surface area contributed by atoms with Gasteiger partial charge in [0, 0.05) is 13.0 Å². The molecule has 1 saturated carbocycles. The zero-order valence-corrected chi connectivity index (χ0v) is 19.6. The molecule has 3 nitrogen and oxygen atoms in total. The minimum absolute atomic E-state index is 0.359. The highest BCUT2D eigenvalue weighted by atomic mass is 16.5. The Kier molecular flexibility index (Phi) is 7.01. The lowest BCUT2D eigenvalue weighted by Gasteiger charge is -2.37. The number of fused-ring (bicyclic) bond motifs is 1. The van der Waals surface area contributed by atoms with Crippen molar-refractivity contribution in [3.63, 3.8) is 0 Å². The molecule has 0 amide bonds. The molecule has 2 aromatic carbocycles. The lowest BCUT2D eigenvalue weighted by molar-refractivity contribution is -0.108. The molecule has 0 N–H and O–H groups in total. The van der Waals surface area contributed by atoms with Gasteiger partial charge in [-0.15, -0.1) is 0 Å². The van der Waals surface area contributed by atoms with Crippen molar-refractivity contribution < 1.29 is 9.53 Å². The van der Waals surface area contributed by atoms with Crippen LogP contribution in [0.1, 0.15) is 71.3 Å². The van der Waals surface area contributed by atoms with E-state index in [1.54, 1.807) is 0 Å². The van der Waals surface area contributed by atoms with E-state index in [2.05, 4.69) is 62.1 Å². The Morgan fingerprint density at radius 3 is 2.29 bits per heavy atom. The van der Waals surface area contributed by atoms with E-state index in [1.807, 2.05) is 0 Å². The summed E-state index contributed by atoms with van der Waals surface area (Å²) in [6.45, 7) is 10.3. The second-order valence-corrected chi connectivity index (χ2v) is 10.9. The van der Waals surface area contributed by atoms with Crippen molar-refractivity contribution in [2.75, 3.05) is 13.1 Å². The predicted octanol–water partition coefficient (Wildman–Crippen LogP) is 6.62. The summed E-state index contributed by atoms with van der Waals surface area (Å²) in [4.78, 5) is 13.3. The van der Waals surface area contributed by atoms with E-state index in [0.29, 0.717) is 17.4 Å². The SMILES string of the molecule is CC(C)(C)C1CCC(Oc2ccc3cc(CN4CCC(CC=O)CC4)ccc3c2)CC1. The van der Waals surface area contributed by atoms with E-state index in [1.165, 1.54) is 42.0 Å². The molecule has 31 heavy (non-hydrogen) atoms. The molecule has 0 bridgehead atoms. The topological polar surface area (TPSA) is 29.5 Å². The number of nitrogens with zero attached hydrogens (tertiary/aromatic N) is 1. The largest absolute Gasteiger partial charge is 0.490 e. The second-order valence-electron chi connectivity index (χ2n) is 10.9. The summed E-state index contributed by atoms with van der Waals surface area (Å²) in [5.74, 6) is 2.42. The Bertz CT molecular complexity index is 868. The van der Waals surface area contributed by atoms with Gasteiger partial charge in [-0.25, -0.2) is 0 Å². The van der Waals surface area contributed by atoms with Gasteiger partial charge in [0.2, 0.25) is 0 Å². The van der Waals surface area contributed by atoms with E-state index < -0.39 is 0 Å². The van der Waals surface area contributed by atoms with Gasteiger partial charge in [0.15, 0.2) is 0 Å². The van der Waals surface area contributed by atoms with Gasteiger partial charge in [-0.05, 0) is 103 Å². The zero-order valence-electron chi connectivity index (χ0n) is 19.6. The molecule has 0 radical (unpaired) electrons. The van der Waals surface area contributed by atoms with Crippen LogP contribution < -0.4 is 4.74 Å². The zero-order chi connectivity index (χ0) is 21.8. The molecule has 2 aromatic rings. The fourth-order valence-electron chi connectivity index (χ4n) is 5.46. The Hall–Kier alpha value is -1.87. The number of likely N-dealkylation sites (tertiary alicyclic amines) is 1. The number of hydrogen-bond acceptors (Lipinski definition) is 3. The van der Waals surface area contributed by atoms with Crippen LogP contribution in [0.25, 0.3) is 10.8 Å². The molecule has 0 atom stereocenters. The number of piperidine rings is 1. The summed E-state index contributed by atoms with van der Waals surface area (Å²) in [6, 6.07) is 13.4. The maximum Gasteiger partial charge on any atom is 0.120 e. The average Bonchev–Trinajstić information content (AvgIpc) is 2.75. The van der Waals surface area contributed by atoms with Crippen LogP contribution in [0.4, 0.5) is 0 Å². The van der Waals surface area contributed by atoms with Crippen LogP contribution in [0.2, 0.25) is 0 Å². The fourth-order valence-corrected chi connectivity index (χ4v) is 5.46. The van der Waals surface area contributed by atoms with Crippen LogP contribution in [0.3, 0.4) is 0 Å². The number of rotatable bonds is 6. The molecular weight excluding hydrogens is 382 g/mol. The number of benzene rings is 2. The summed E-state index contributed by atoms with van der Waals surface area (Å²) >= 11 is 0. The number of aldehydes is 1. The summed E-state index contributed by atoms with van der Waals surface area (Å²) in [6.07, 6.45) is 9.34. The van der Waals surface area contributed by atoms with Crippen molar-refractivity contribution in [2.24, 2.45) is 17.3 Å². The molecule has 0 spiro atoms. The van der Waals surface area contributed by atoms with Gasteiger partial charge >= 0.3 is 0 Å². The summed E-state index contributed by atoms with van der Waals surface area (Å²) < 4.78 is 6.37. The highest BCUT2D eigenvalue weighted by Gasteiger charge is 2.30. The second kappa shape index (κ2) is 9.73. The molecular formula is C28H39NO2. The average molecular weight is 422 g/mol. The van der Waals surface area contributed by atoms with Gasteiger partial charge in [0.25, 0.3) is 0 Å². The van der Waals surface area contributed by atoms with Crippen LogP contribution in [0.5, 0.6) is 5.75 Å². The van der Waals surface area contributed by atoms with E-state index >= 15 is 0 Å². The van der Waals surface area contributed by atoms with Crippen LogP contribution in [-0.4, -0.2) is 30.4 Å². The maximum atomic E-state index is 10.7. The normalized spacial score (nSPS) is 23.7. The first-order valence-corrected chi connectivity index (χ1v) is 12.3. The molecule has 0 aromatic heterocycles. The van der Waals surface area contributed by atoms with Gasteiger partial charge < -0.3 is 9.53 Å². The van der Waals surface area contributed by atoms with Crippen molar-refractivity contribution in [1.29, 1.82) is 0 Å². The third-order valence-electron chi connectivity index (χ3n) is 7.62. The smallest absolute Gasteiger partial charge is 0.120 e. The van der Waals surface area contributed by atoms with Crippen molar-refractivity contribution >= 4 is 17.1 Å². The minimum atomic E-state index is 0.359. The lowest BCUT2D eigenvalue weighted by Crippen LogP contribution is -2.33. The van der Waals surface area contributed by atoms with Gasteiger partial charge in [-0.1, -0.05) is 39.0 Å². The van der Waals surface area contributed by atoms with Crippen molar-refractivity contribution in [3.8, 4) is 5.75 Å². The first kappa shape index (κ1) is 22.3. The van der Waals surface area contributed by atoms with E-state index in [0.717, 1.165) is 56.9 Å². The summed E-state index contributed by atoms with van der Waals surface area (Å²) in [5.41, 5.74) is 1.78. The third-order valence-corrected chi connectivity index (χ3v) is 7.62. The molecule has 3 heteroatoms. The van der Waals surface area contributed by atoms with Gasteiger partial charge in [-0.3, -0.25) is 4.90 Å². The number of ether oxygens (including phenoxy) is 1. The Morgan fingerprint density at radius 2 is 1.61 bits per heavy atom. The first-order chi connectivity index (χ1) is 14.9. The van der Waals surface area contributed by atoms with Crippen molar-refractivity contribution in [1.82, 2.24) is 4.90 Å². The lowest BCUT2D eigenvalue weighted by atomic mass is 9.72. The molecule has 1 heterocycles. The molecule has 2 fully saturated rings. The minimum Gasteiger partial charge on any atom is -0.490 e. The summed E-state index contributed by atoms with van der Waals surface area (Å²) in [5, 5.41) is 2.55. The van der Waals surface area contributed by atoms with Crippen LogP contribution >= 0.6 is 0 Å². The first-order valence-electron chi connectivity index (χ1n) is 12.3. The van der Waals surface area contributed by atoms with E-state index in [9.17, 15) is 4.79 Å². The van der Waals surface area contributed by atoms with E-state index in [-0.39, 0.29) is 0 Å². The molecule has 0 unspecified atom stereocenters. The highest BCUT2D eigenvalue weighted by Crippen LogP contribution is 2.39. The number of carbonyl (C=O) groups excluding carboxylic acids is 1. The maximum absolute atomic E-state index is 10.7. The quantitative estimate of drug-likeness (QED) is 0.491. The van der Waals surface area contributed by atoms with Crippen LogP contribution in [0, 0.1) is 17.3 Å². The molecule has 1 aliphatic heterocycles. The molecule has 1 aliphatic carbocycles. The molecule has 168 valence electrons. The molecule has 1 saturated heterocycles. The Balaban J connectivity index is 1.33. The van der Waals surface area contributed by atoms with E-state index in [4.69, 9.17) is 4.74 Å². The number of hydrogen-bond donors (Lipinski definition) is 0. The fraction of sp³-hybridized carbons (Fsp3) is 0.607. The van der Waals surface area contributed by atoms with Crippen LogP contribution in [-0.2, 0) is 11.3 Å². The Labute approximate surface area is 188 Å².